The number of hydrogen-bond acceptors (Lipinski definition) is 4. The normalized spacial score (nSPS) is 14.6. The molecule has 1 saturated heterocycles. The highest BCUT2D eigenvalue weighted by Crippen LogP contribution is 2.13. The van der Waals surface area contributed by atoms with E-state index in [9.17, 15) is 14.4 Å². The molecule has 0 bridgehead atoms. The molecule has 1 aliphatic rings. The van der Waals surface area contributed by atoms with Crippen molar-refractivity contribution in [2.45, 2.75) is 39.2 Å². The molecule has 1 aliphatic heterocycles. The number of hydrogen-bond donors (Lipinski definition) is 2. The van der Waals surface area contributed by atoms with E-state index in [1.165, 1.54) is 0 Å². The quantitative estimate of drug-likeness (QED) is 0.813. The molecule has 26 heavy (non-hydrogen) atoms. The summed E-state index contributed by atoms with van der Waals surface area (Å²) in [5, 5.41) is 5.79. The Kier molecular flexibility index (Phi) is 7.44. The number of amides is 3. The van der Waals surface area contributed by atoms with Crippen LogP contribution in [0.1, 0.15) is 53.8 Å². The molecule has 0 unspecified atom stereocenters. The van der Waals surface area contributed by atoms with Gasteiger partial charge in [0.1, 0.15) is 0 Å². The van der Waals surface area contributed by atoms with Gasteiger partial charge in [0.05, 0.1) is 6.61 Å². The van der Waals surface area contributed by atoms with Crippen molar-refractivity contribution < 1.29 is 19.1 Å². The van der Waals surface area contributed by atoms with Gasteiger partial charge in [-0.15, -0.1) is 0 Å². The van der Waals surface area contributed by atoms with Crippen LogP contribution in [0.15, 0.2) is 24.3 Å². The second kappa shape index (κ2) is 9.79. The second-order valence-corrected chi connectivity index (χ2v) is 6.27. The lowest BCUT2D eigenvalue weighted by Crippen LogP contribution is -2.46. The largest absolute Gasteiger partial charge is 0.450 e. The summed E-state index contributed by atoms with van der Waals surface area (Å²) in [5.41, 5.74) is 0.935. The summed E-state index contributed by atoms with van der Waals surface area (Å²) in [4.78, 5) is 37.9. The Morgan fingerprint density at radius 3 is 2.38 bits per heavy atom. The number of carbonyl (C=O) groups is 3. The van der Waals surface area contributed by atoms with Crippen LogP contribution in [0.2, 0.25) is 0 Å². The SMILES string of the molecule is CCCNC(=O)c1cccc(C(=O)NC2CCN(C(=O)OCC)CC2)c1. The van der Waals surface area contributed by atoms with Crippen molar-refractivity contribution in [2.75, 3.05) is 26.2 Å². The summed E-state index contributed by atoms with van der Waals surface area (Å²) in [6.45, 7) is 5.84. The standard InChI is InChI=1S/C19H27N3O4/c1-3-10-20-17(23)14-6-5-7-15(13-14)18(24)21-16-8-11-22(12-9-16)19(25)26-4-2/h5-7,13,16H,3-4,8-12H2,1-2H3,(H,20,23)(H,21,24). The van der Waals surface area contributed by atoms with E-state index >= 15 is 0 Å². The van der Waals surface area contributed by atoms with Gasteiger partial charge in [-0.05, 0) is 44.4 Å². The molecular formula is C19H27N3O4. The Hall–Kier alpha value is -2.57. The number of benzene rings is 1. The minimum atomic E-state index is -0.303. The Morgan fingerprint density at radius 1 is 1.12 bits per heavy atom. The maximum absolute atomic E-state index is 12.5. The molecule has 1 heterocycles. The lowest BCUT2D eigenvalue weighted by Gasteiger charge is -2.31. The van der Waals surface area contributed by atoms with Crippen LogP contribution in [-0.2, 0) is 4.74 Å². The minimum absolute atomic E-state index is 0.00532. The molecule has 0 radical (unpaired) electrons. The molecule has 0 spiro atoms. The van der Waals surface area contributed by atoms with Crippen LogP contribution < -0.4 is 10.6 Å². The molecule has 7 nitrogen and oxygen atoms in total. The first kappa shape index (κ1) is 19.8. The highest BCUT2D eigenvalue weighted by Gasteiger charge is 2.25. The molecule has 0 aromatic heterocycles. The van der Waals surface area contributed by atoms with Gasteiger partial charge in [-0.25, -0.2) is 4.79 Å². The molecule has 1 fully saturated rings. The molecule has 2 rings (SSSR count). The minimum Gasteiger partial charge on any atom is -0.450 e. The second-order valence-electron chi connectivity index (χ2n) is 6.27. The molecule has 1 aromatic carbocycles. The van der Waals surface area contributed by atoms with Crippen molar-refractivity contribution in [1.82, 2.24) is 15.5 Å². The predicted molar refractivity (Wildman–Crippen MR) is 98.1 cm³/mol. The molecule has 0 aliphatic carbocycles. The Morgan fingerprint density at radius 2 is 1.77 bits per heavy atom. The summed E-state index contributed by atoms with van der Waals surface area (Å²) in [5.74, 6) is -0.381. The number of rotatable bonds is 6. The average molecular weight is 361 g/mol. The van der Waals surface area contributed by atoms with E-state index in [4.69, 9.17) is 4.74 Å². The van der Waals surface area contributed by atoms with Gasteiger partial charge in [0.25, 0.3) is 11.8 Å². The zero-order valence-electron chi connectivity index (χ0n) is 15.4. The summed E-state index contributed by atoms with van der Waals surface area (Å²) >= 11 is 0. The third kappa shape index (κ3) is 5.47. The monoisotopic (exact) mass is 361 g/mol. The topological polar surface area (TPSA) is 87.7 Å². The van der Waals surface area contributed by atoms with Crippen LogP contribution in [0.25, 0.3) is 0 Å². The average Bonchev–Trinajstić information content (AvgIpc) is 2.67. The van der Waals surface area contributed by atoms with Crippen LogP contribution in [0.3, 0.4) is 0 Å². The third-order valence-corrected chi connectivity index (χ3v) is 4.28. The Bertz CT molecular complexity index is 639. The van der Waals surface area contributed by atoms with Crippen molar-refractivity contribution in [3.63, 3.8) is 0 Å². The molecule has 0 saturated carbocycles. The van der Waals surface area contributed by atoms with Gasteiger partial charge < -0.3 is 20.3 Å². The first-order valence-electron chi connectivity index (χ1n) is 9.16. The molecule has 142 valence electrons. The number of carbonyl (C=O) groups excluding carboxylic acids is 3. The highest BCUT2D eigenvalue weighted by atomic mass is 16.6. The van der Waals surface area contributed by atoms with E-state index < -0.39 is 0 Å². The highest BCUT2D eigenvalue weighted by molar-refractivity contribution is 5.99. The van der Waals surface area contributed by atoms with Crippen LogP contribution in [0, 0.1) is 0 Å². The van der Waals surface area contributed by atoms with Gasteiger partial charge in [-0.2, -0.15) is 0 Å². The number of piperidine rings is 1. The van der Waals surface area contributed by atoms with E-state index in [-0.39, 0.29) is 23.9 Å². The zero-order valence-corrected chi connectivity index (χ0v) is 15.4. The lowest BCUT2D eigenvalue weighted by atomic mass is 10.0. The van der Waals surface area contributed by atoms with Gasteiger partial charge in [0.2, 0.25) is 0 Å². The number of nitrogens with zero attached hydrogens (tertiary/aromatic N) is 1. The van der Waals surface area contributed by atoms with Gasteiger partial charge >= 0.3 is 6.09 Å². The Labute approximate surface area is 154 Å². The van der Waals surface area contributed by atoms with Crippen molar-refractivity contribution in [3.05, 3.63) is 35.4 Å². The van der Waals surface area contributed by atoms with Crippen molar-refractivity contribution in [2.24, 2.45) is 0 Å². The van der Waals surface area contributed by atoms with Gasteiger partial charge in [0, 0.05) is 36.8 Å². The predicted octanol–water partition coefficient (Wildman–Crippen LogP) is 2.18. The van der Waals surface area contributed by atoms with Crippen molar-refractivity contribution >= 4 is 17.9 Å². The molecule has 1 aromatic rings. The van der Waals surface area contributed by atoms with Crippen LogP contribution in [-0.4, -0.2) is 55.1 Å². The summed E-state index contributed by atoms with van der Waals surface area (Å²) in [6, 6.07) is 6.71. The van der Waals surface area contributed by atoms with Crippen LogP contribution in [0.4, 0.5) is 4.79 Å². The molecule has 0 atom stereocenters. The third-order valence-electron chi connectivity index (χ3n) is 4.28. The first-order valence-corrected chi connectivity index (χ1v) is 9.16. The first-order chi connectivity index (χ1) is 12.5. The number of nitrogens with one attached hydrogen (secondary N) is 2. The summed E-state index contributed by atoms with van der Waals surface area (Å²) in [6.07, 6.45) is 1.92. The Balaban J connectivity index is 1.88. The summed E-state index contributed by atoms with van der Waals surface area (Å²) < 4.78 is 4.99. The number of likely N-dealkylation sites (tertiary alicyclic amines) is 1. The molecule has 2 N–H and O–H groups in total. The molecular weight excluding hydrogens is 334 g/mol. The zero-order chi connectivity index (χ0) is 18.9. The fraction of sp³-hybridized carbons (Fsp3) is 0.526. The smallest absolute Gasteiger partial charge is 0.409 e. The van der Waals surface area contributed by atoms with Gasteiger partial charge in [-0.3, -0.25) is 9.59 Å². The fourth-order valence-corrected chi connectivity index (χ4v) is 2.83. The van der Waals surface area contributed by atoms with E-state index in [0.29, 0.717) is 50.2 Å². The van der Waals surface area contributed by atoms with E-state index in [2.05, 4.69) is 10.6 Å². The lowest BCUT2D eigenvalue weighted by molar-refractivity contribution is 0.0859. The summed E-state index contributed by atoms with van der Waals surface area (Å²) in [7, 11) is 0. The van der Waals surface area contributed by atoms with E-state index in [1.54, 1.807) is 36.1 Å². The van der Waals surface area contributed by atoms with Crippen LogP contribution in [0.5, 0.6) is 0 Å². The van der Waals surface area contributed by atoms with E-state index in [0.717, 1.165) is 6.42 Å². The van der Waals surface area contributed by atoms with Crippen molar-refractivity contribution in [1.29, 1.82) is 0 Å². The fourth-order valence-electron chi connectivity index (χ4n) is 2.83. The molecule has 7 heteroatoms. The maximum Gasteiger partial charge on any atom is 0.409 e. The van der Waals surface area contributed by atoms with E-state index in [1.807, 2.05) is 6.92 Å². The van der Waals surface area contributed by atoms with Gasteiger partial charge in [-0.1, -0.05) is 13.0 Å². The maximum atomic E-state index is 12.5. The van der Waals surface area contributed by atoms with Crippen LogP contribution >= 0.6 is 0 Å². The van der Waals surface area contributed by atoms with Crippen molar-refractivity contribution in [3.8, 4) is 0 Å². The number of ether oxygens (including phenoxy) is 1. The van der Waals surface area contributed by atoms with Gasteiger partial charge in [0.15, 0.2) is 0 Å². The molecule has 3 amide bonds.